The predicted octanol–water partition coefficient (Wildman–Crippen LogP) is 2.76. The Morgan fingerprint density at radius 1 is 1.15 bits per heavy atom. The lowest BCUT2D eigenvalue weighted by Crippen LogP contribution is -2.29. The molecule has 0 aromatic heterocycles. The highest BCUT2D eigenvalue weighted by molar-refractivity contribution is 5.85. The van der Waals surface area contributed by atoms with Crippen LogP contribution in [0.15, 0.2) is 24.3 Å². The molecule has 1 atom stereocenters. The minimum absolute atomic E-state index is 0. The normalized spacial score (nSPS) is 18.1. The van der Waals surface area contributed by atoms with Crippen LogP contribution >= 0.6 is 24.8 Å². The van der Waals surface area contributed by atoms with E-state index in [0.29, 0.717) is 6.04 Å². The summed E-state index contributed by atoms with van der Waals surface area (Å²) in [5.41, 5.74) is 2.43. The molecule has 0 saturated heterocycles. The van der Waals surface area contributed by atoms with Gasteiger partial charge in [-0.2, -0.15) is 0 Å². The lowest BCUT2D eigenvalue weighted by molar-refractivity contribution is 0.818. The zero-order valence-electron chi connectivity index (χ0n) is 7.41. The molecule has 0 saturated carbocycles. The van der Waals surface area contributed by atoms with Gasteiger partial charge in [0.25, 0.3) is 0 Å². The average molecular weight is 221 g/mol. The molecule has 2 rings (SSSR count). The lowest BCUT2D eigenvalue weighted by Gasteiger charge is -2.25. The third-order valence-electron chi connectivity index (χ3n) is 1.93. The molecular weight excluding hydrogens is 207 g/mol. The molecule has 1 aliphatic heterocycles. The fourth-order valence-electron chi connectivity index (χ4n) is 1.34. The van der Waals surface area contributed by atoms with Crippen LogP contribution in [0, 0.1) is 0 Å². The van der Waals surface area contributed by atoms with Gasteiger partial charge in [-0.25, -0.2) is 0 Å². The van der Waals surface area contributed by atoms with Crippen LogP contribution in [-0.2, 0) is 0 Å². The maximum absolute atomic E-state index is 3.40. The molecule has 2 N–H and O–H groups in total. The fourth-order valence-corrected chi connectivity index (χ4v) is 1.34. The first-order valence-electron chi connectivity index (χ1n) is 3.96. The van der Waals surface area contributed by atoms with E-state index < -0.39 is 0 Å². The van der Waals surface area contributed by atoms with Crippen molar-refractivity contribution in [2.24, 2.45) is 0 Å². The van der Waals surface area contributed by atoms with Crippen LogP contribution in [0.4, 0.5) is 11.4 Å². The van der Waals surface area contributed by atoms with E-state index in [9.17, 15) is 0 Å². The molecule has 1 unspecified atom stereocenters. The van der Waals surface area contributed by atoms with E-state index in [0.717, 1.165) is 6.54 Å². The summed E-state index contributed by atoms with van der Waals surface area (Å²) >= 11 is 0. The number of benzene rings is 1. The summed E-state index contributed by atoms with van der Waals surface area (Å²) in [4.78, 5) is 0. The molecule has 2 nitrogen and oxygen atoms in total. The Bertz CT molecular complexity index is 266. The van der Waals surface area contributed by atoms with Gasteiger partial charge in [-0.15, -0.1) is 24.8 Å². The van der Waals surface area contributed by atoms with Crippen LogP contribution in [-0.4, -0.2) is 12.6 Å². The summed E-state index contributed by atoms with van der Waals surface area (Å²) < 4.78 is 0. The quantitative estimate of drug-likeness (QED) is 0.703. The van der Waals surface area contributed by atoms with Crippen molar-refractivity contribution >= 4 is 36.2 Å². The van der Waals surface area contributed by atoms with E-state index in [1.165, 1.54) is 11.4 Å². The minimum atomic E-state index is 0. The van der Waals surface area contributed by atoms with Gasteiger partial charge in [0.05, 0.1) is 11.4 Å². The lowest BCUT2D eigenvalue weighted by atomic mass is 10.2. The third-order valence-corrected chi connectivity index (χ3v) is 1.93. The first-order chi connectivity index (χ1) is 5.36. The number of anilines is 2. The molecular formula is C9H14Cl2N2. The monoisotopic (exact) mass is 220 g/mol. The van der Waals surface area contributed by atoms with Gasteiger partial charge in [0.15, 0.2) is 0 Å². The predicted molar refractivity (Wildman–Crippen MR) is 62.5 cm³/mol. The van der Waals surface area contributed by atoms with Gasteiger partial charge in [-0.3, -0.25) is 0 Å². The van der Waals surface area contributed by atoms with E-state index in [1.54, 1.807) is 0 Å². The highest BCUT2D eigenvalue weighted by atomic mass is 35.5. The number of fused-ring (bicyclic) bond motifs is 1. The second-order valence-electron chi connectivity index (χ2n) is 2.97. The van der Waals surface area contributed by atoms with Crippen molar-refractivity contribution in [2.45, 2.75) is 13.0 Å². The third kappa shape index (κ3) is 2.68. The van der Waals surface area contributed by atoms with E-state index in [-0.39, 0.29) is 24.8 Å². The Labute approximate surface area is 90.9 Å². The summed E-state index contributed by atoms with van der Waals surface area (Å²) in [7, 11) is 0. The van der Waals surface area contributed by atoms with Crippen molar-refractivity contribution in [1.29, 1.82) is 0 Å². The SMILES string of the molecule is CC1CNc2ccccc2N1.Cl.Cl. The maximum atomic E-state index is 3.40. The molecule has 1 heterocycles. The van der Waals surface area contributed by atoms with Gasteiger partial charge in [-0.1, -0.05) is 12.1 Å². The Kier molecular flexibility index (Phi) is 4.96. The van der Waals surface area contributed by atoms with E-state index >= 15 is 0 Å². The van der Waals surface area contributed by atoms with Crippen molar-refractivity contribution in [1.82, 2.24) is 0 Å². The topological polar surface area (TPSA) is 24.1 Å². The summed E-state index contributed by atoms with van der Waals surface area (Å²) in [6.07, 6.45) is 0. The van der Waals surface area contributed by atoms with Crippen LogP contribution < -0.4 is 10.6 Å². The van der Waals surface area contributed by atoms with Crippen LogP contribution in [0.1, 0.15) is 6.92 Å². The number of rotatable bonds is 0. The summed E-state index contributed by atoms with van der Waals surface area (Å²) in [5, 5.41) is 6.75. The van der Waals surface area contributed by atoms with E-state index in [2.05, 4.69) is 29.7 Å². The van der Waals surface area contributed by atoms with Crippen LogP contribution in [0.5, 0.6) is 0 Å². The maximum Gasteiger partial charge on any atom is 0.0578 e. The fraction of sp³-hybridized carbons (Fsp3) is 0.333. The highest BCUT2D eigenvalue weighted by Gasteiger charge is 2.10. The van der Waals surface area contributed by atoms with Crippen molar-refractivity contribution in [3.05, 3.63) is 24.3 Å². The molecule has 1 aromatic carbocycles. The van der Waals surface area contributed by atoms with Crippen molar-refractivity contribution in [2.75, 3.05) is 17.2 Å². The molecule has 0 amide bonds. The number of halogens is 2. The van der Waals surface area contributed by atoms with Crippen molar-refractivity contribution in [3.8, 4) is 0 Å². The molecule has 0 bridgehead atoms. The number of para-hydroxylation sites is 2. The zero-order valence-corrected chi connectivity index (χ0v) is 9.04. The van der Waals surface area contributed by atoms with Gasteiger partial charge in [0, 0.05) is 12.6 Å². The molecule has 0 aliphatic carbocycles. The highest BCUT2D eigenvalue weighted by Crippen LogP contribution is 2.24. The van der Waals surface area contributed by atoms with Crippen LogP contribution in [0.25, 0.3) is 0 Å². The van der Waals surface area contributed by atoms with E-state index in [1.807, 2.05) is 12.1 Å². The van der Waals surface area contributed by atoms with Gasteiger partial charge in [0.2, 0.25) is 0 Å². The Hall–Kier alpha value is -0.600. The smallest absolute Gasteiger partial charge is 0.0578 e. The van der Waals surface area contributed by atoms with Crippen molar-refractivity contribution < 1.29 is 0 Å². The summed E-state index contributed by atoms with van der Waals surface area (Å²) in [6, 6.07) is 8.81. The van der Waals surface area contributed by atoms with E-state index in [4.69, 9.17) is 0 Å². The summed E-state index contributed by atoms with van der Waals surface area (Å²) in [6.45, 7) is 3.18. The Morgan fingerprint density at radius 2 is 1.77 bits per heavy atom. The second-order valence-corrected chi connectivity index (χ2v) is 2.97. The summed E-state index contributed by atoms with van der Waals surface area (Å²) in [5.74, 6) is 0. The molecule has 1 aliphatic rings. The molecule has 13 heavy (non-hydrogen) atoms. The molecule has 74 valence electrons. The average Bonchev–Trinajstić information content (AvgIpc) is 2.04. The zero-order chi connectivity index (χ0) is 7.68. The standard InChI is InChI=1S/C9H12N2.2ClH/c1-7-6-10-8-4-2-3-5-9(8)11-7;;/h2-5,7,10-11H,6H2,1H3;2*1H. The van der Waals surface area contributed by atoms with Gasteiger partial charge in [-0.05, 0) is 19.1 Å². The minimum Gasteiger partial charge on any atom is -0.381 e. The van der Waals surface area contributed by atoms with Gasteiger partial charge in [0.1, 0.15) is 0 Å². The van der Waals surface area contributed by atoms with Crippen LogP contribution in [0.3, 0.4) is 0 Å². The Morgan fingerprint density at radius 3 is 2.46 bits per heavy atom. The molecule has 0 fully saturated rings. The van der Waals surface area contributed by atoms with Gasteiger partial charge < -0.3 is 10.6 Å². The molecule has 0 radical (unpaired) electrons. The van der Waals surface area contributed by atoms with Crippen LogP contribution in [0.2, 0.25) is 0 Å². The first-order valence-corrected chi connectivity index (χ1v) is 3.96. The molecule has 1 aromatic rings. The Balaban J connectivity index is 0.000000720. The number of hydrogen-bond donors (Lipinski definition) is 2. The van der Waals surface area contributed by atoms with Crippen molar-refractivity contribution in [3.63, 3.8) is 0 Å². The molecule has 0 spiro atoms. The van der Waals surface area contributed by atoms with Gasteiger partial charge >= 0.3 is 0 Å². The first kappa shape index (κ1) is 12.4. The number of nitrogens with one attached hydrogen (secondary N) is 2. The molecule has 4 heteroatoms. The largest absolute Gasteiger partial charge is 0.381 e. The second kappa shape index (κ2) is 5.20. The number of hydrogen-bond acceptors (Lipinski definition) is 2.